The van der Waals surface area contributed by atoms with Crippen LogP contribution in [0.1, 0.15) is 43.9 Å². The van der Waals surface area contributed by atoms with Gasteiger partial charge in [0.2, 0.25) is 0 Å². The highest BCUT2D eigenvalue weighted by molar-refractivity contribution is 5.50. The zero-order valence-corrected chi connectivity index (χ0v) is 11.9. The first kappa shape index (κ1) is 12.9. The molecule has 3 rings (SSSR count). The molecule has 4 nitrogen and oxygen atoms in total. The molecule has 1 aliphatic heterocycles. The van der Waals surface area contributed by atoms with E-state index in [4.69, 9.17) is 0 Å². The standard InChI is InChI=1S/C15H24N4/c1-2-16-12-6-5-9-19(10-12)15-13-7-3-4-8-14(13)17-11-18-15/h11-12,16H,2-10H2,1H3. The number of anilines is 1. The van der Waals surface area contributed by atoms with Gasteiger partial charge in [-0.1, -0.05) is 6.92 Å². The lowest BCUT2D eigenvalue weighted by molar-refractivity contribution is 0.428. The van der Waals surface area contributed by atoms with Crippen LogP contribution in [0.15, 0.2) is 6.33 Å². The van der Waals surface area contributed by atoms with Gasteiger partial charge in [-0.25, -0.2) is 9.97 Å². The number of aryl methyl sites for hydroxylation is 1. The number of hydrogen-bond acceptors (Lipinski definition) is 4. The maximum absolute atomic E-state index is 4.60. The van der Waals surface area contributed by atoms with Crippen LogP contribution in [-0.2, 0) is 12.8 Å². The minimum atomic E-state index is 0.618. The number of rotatable bonds is 3. The van der Waals surface area contributed by atoms with Gasteiger partial charge in [-0.3, -0.25) is 0 Å². The van der Waals surface area contributed by atoms with Crippen LogP contribution < -0.4 is 10.2 Å². The molecular weight excluding hydrogens is 236 g/mol. The van der Waals surface area contributed by atoms with Gasteiger partial charge in [-0.05, 0) is 45.1 Å². The van der Waals surface area contributed by atoms with Crippen LogP contribution in [0.3, 0.4) is 0 Å². The van der Waals surface area contributed by atoms with E-state index in [1.165, 1.54) is 42.8 Å². The van der Waals surface area contributed by atoms with Gasteiger partial charge in [0.05, 0.1) is 0 Å². The van der Waals surface area contributed by atoms with E-state index < -0.39 is 0 Å². The molecule has 1 N–H and O–H groups in total. The van der Waals surface area contributed by atoms with Crippen molar-refractivity contribution in [2.45, 2.75) is 51.5 Å². The van der Waals surface area contributed by atoms with E-state index in [-0.39, 0.29) is 0 Å². The molecular formula is C15H24N4. The van der Waals surface area contributed by atoms with Crippen LogP contribution in [0.4, 0.5) is 5.82 Å². The molecule has 104 valence electrons. The first-order chi connectivity index (χ1) is 9.38. The van der Waals surface area contributed by atoms with Gasteiger partial charge in [0.1, 0.15) is 12.1 Å². The van der Waals surface area contributed by atoms with Crippen molar-refractivity contribution in [3.63, 3.8) is 0 Å². The Labute approximate surface area is 115 Å². The summed E-state index contributed by atoms with van der Waals surface area (Å²) in [7, 11) is 0. The average Bonchev–Trinajstić information content (AvgIpc) is 2.47. The SMILES string of the molecule is CCNC1CCCN(c2ncnc3c2CCCC3)C1. The topological polar surface area (TPSA) is 41.0 Å². The van der Waals surface area contributed by atoms with Gasteiger partial charge in [-0.2, -0.15) is 0 Å². The molecule has 1 unspecified atom stereocenters. The zero-order valence-electron chi connectivity index (χ0n) is 11.9. The van der Waals surface area contributed by atoms with Gasteiger partial charge in [0.15, 0.2) is 0 Å². The molecule has 1 atom stereocenters. The maximum atomic E-state index is 4.60. The Balaban J connectivity index is 1.81. The third-order valence-corrected chi connectivity index (χ3v) is 4.32. The normalized spacial score (nSPS) is 23.2. The molecule has 19 heavy (non-hydrogen) atoms. The quantitative estimate of drug-likeness (QED) is 0.901. The smallest absolute Gasteiger partial charge is 0.135 e. The maximum Gasteiger partial charge on any atom is 0.135 e. The fourth-order valence-electron chi connectivity index (χ4n) is 3.40. The Morgan fingerprint density at radius 2 is 2.16 bits per heavy atom. The van der Waals surface area contributed by atoms with Gasteiger partial charge < -0.3 is 10.2 Å². The highest BCUT2D eigenvalue weighted by atomic mass is 15.2. The Morgan fingerprint density at radius 1 is 1.26 bits per heavy atom. The van der Waals surface area contributed by atoms with E-state index in [1.807, 2.05) is 0 Å². The number of fused-ring (bicyclic) bond motifs is 1. The molecule has 2 heterocycles. The first-order valence-electron chi connectivity index (χ1n) is 7.69. The van der Waals surface area contributed by atoms with Crippen LogP contribution in [0.5, 0.6) is 0 Å². The van der Waals surface area contributed by atoms with Crippen molar-refractivity contribution in [1.29, 1.82) is 0 Å². The molecule has 0 aromatic carbocycles. The van der Waals surface area contributed by atoms with Crippen molar-refractivity contribution in [2.24, 2.45) is 0 Å². The van der Waals surface area contributed by atoms with Gasteiger partial charge in [0, 0.05) is 30.4 Å². The fourth-order valence-corrected chi connectivity index (χ4v) is 3.40. The highest BCUT2D eigenvalue weighted by Crippen LogP contribution is 2.28. The zero-order chi connectivity index (χ0) is 13.1. The van der Waals surface area contributed by atoms with Crippen LogP contribution >= 0.6 is 0 Å². The number of nitrogens with zero attached hydrogens (tertiary/aromatic N) is 3. The summed E-state index contributed by atoms with van der Waals surface area (Å²) in [5.74, 6) is 1.22. The summed E-state index contributed by atoms with van der Waals surface area (Å²) in [5.41, 5.74) is 2.72. The van der Waals surface area contributed by atoms with Gasteiger partial charge in [0.25, 0.3) is 0 Å². The monoisotopic (exact) mass is 260 g/mol. The lowest BCUT2D eigenvalue weighted by Crippen LogP contribution is -2.46. The second-order valence-electron chi connectivity index (χ2n) is 5.67. The Hall–Kier alpha value is -1.16. The van der Waals surface area contributed by atoms with Crippen molar-refractivity contribution in [2.75, 3.05) is 24.5 Å². The van der Waals surface area contributed by atoms with Crippen molar-refractivity contribution in [3.05, 3.63) is 17.6 Å². The summed E-state index contributed by atoms with van der Waals surface area (Å²) in [6.45, 7) is 5.48. The lowest BCUT2D eigenvalue weighted by atomic mass is 9.95. The molecule has 0 bridgehead atoms. The summed E-state index contributed by atoms with van der Waals surface area (Å²) in [6, 6.07) is 0.618. The number of hydrogen-bond donors (Lipinski definition) is 1. The summed E-state index contributed by atoms with van der Waals surface area (Å²) in [6.07, 6.45) is 9.18. The Morgan fingerprint density at radius 3 is 3.05 bits per heavy atom. The second kappa shape index (κ2) is 5.87. The van der Waals surface area contributed by atoms with Crippen molar-refractivity contribution >= 4 is 5.82 Å². The summed E-state index contributed by atoms with van der Waals surface area (Å²) in [4.78, 5) is 11.5. The van der Waals surface area contributed by atoms with E-state index in [0.29, 0.717) is 6.04 Å². The first-order valence-corrected chi connectivity index (χ1v) is 7.69. The molecule has 2 aliphatic rings. The molecule has 0 saturated carbocycles. The molecule has 1 fully saturated rings. The molecule has 1 aliphatic carbocycles. The third kappa shape index (κ3) is 2.73. The molecule has 0 amide bonds. The van der Waals surface area contributed by atoms with Crippen molar-refractivity contribution in [1.82, 2.24) is 15.3 Å². The van der Waals surface area contributed by atoms with Crippen LogP contribution in [-0.4, -0.2) is 35.6 Å². The predicted molar refractivity (Wildman–Crippen MR) is 77.6 cm³/mol. The van der Waals surface area contributed by atoms with E-state index >= 15 is 0 Å². The number of piperidine rings is 1. The number of nitrogens with one attached hydrogen (secondary N) is 1. The highest BCUT2D eigenvalue weighted by Gasteiger charge is 2.24. The van der Waals surface area contributed by atoms with Crippen molar-refractivity contribution < 1.29 is 0 Å². The minimum absolute atomic E-state index is 0.618. The van der Waals surface area contributed by atoms with Crippen molar-refractivity contribution in [3.8, 4) is 0 Å². The number of aromatic nitrogens is 2. The van der Waals surface area contributed by atoms with Crippen LogP contribution in [0, 0.1) is 0 Å². The van der Waals surface area contributed by atoms with E-state index in [0.717, 1.165) is 32.5 Å². The average molecular weight is 260 g/mol. The minimum Gasteiger partial charge on any atom is -0.355 e. The lowest BCUT2D eigenvalue weighted by Gasteiger charge is -2.35. The molecule has 1 aromatic heterocycles. The van der Waals surface area contributed by atoms with Gasteiger partial charge in [-0.15, -0.1) is 0 Å². The largest absolute Gasteiger partial charge is 0.355 e. The molecule has 0 spiro atoms. The summed E-state index contributed by atoms with van der Waals surface area (Å²) in [5, 5.41) is 3.58. The van der Waals surface area contributed by atoms with E-state index in [9.17, 15) is 0 Å². The van der Waals surface area contributed by atoms with Gasteiger partial charge >= 0.3 is 0 Å². The predicted octanol–water partition coefficient (Wildman–Crippen LogP) is 1.93. The second-order valence-corrected chi connectivity index (χ2v) is 5.67. The Bertz CT molecular complexity index is 430. The third-order valence-electron chi connectivity index (χ3n) is 4.32. The van der Waals surface area contributed by atoms with Crippen LogP contribution in [0.2, 0.25) is 0 Å². The number of likely N-dealkylation sites (N-methyl/N-ethyl adjacent to an activating group) is 1. The Kier molecular flexibility index (Phi) is 3.97. The van der Waals surface area contributed by atoms with Crippen LogP contribution in [0.25, 0.3) is 0 Å². The molecule has 4 heteroatoms. The fraction of sp³-hybridized carbons (Fsp3) is 0.733. The molecule has 0 radical (unpaired) electrons. The summed E-state index contributed by atoms with van der Waals surface area (Å²) < 4.78 is 0. The molecule has 1 aromatic rings. The van der Waals surface area contributed by atoms with E-state index in [1.54, 1.807) is 6.33 Å². The summed E-state index contributed by atoms with van der Waals surface area (Å²) >= 11 is 0. The molecule has 1 saturated heterocycles. The van der Waals surface area contributed by atoms with E-state index in [2.05, 4.69) is 27.1 Å².